The molecule has 1 saturated carbocycles. The molecule has 0 unspecified atom stereocenters. The Kier molecular flexibility index (Phi) is 5.07. The van der Waals surface area contributed by atoms with Gasteiger partial charge in [-0.1, -0.05) is 41.3 Å². The van der Waals surface area contributed by atoms with Crippen molar-refractivity contribution in [3.05, 3.63) is 28.7 Å². The van der Waals surface area contributed by atoms with Gasteiger partial charge in [0.1, 0.15) is 0 Å². The number of nitrogens with zero attached hydrogens (tertiary/aromatic N) is 2. The van der Waals surface area contributed by atoms with Crippen molar-refractivity contribution < 1.29 is 0 Å². The van der Waals surface area contributed by atoms with Gasteiger partial charge in [0, 0.05) is 22.7 Å². The highest BCUT2D eigenvalue weighted by atomic mass is 79.9. The zero-order valence-electron chi connectivity index (χ0n) is 10.6. The predicted molar refractivity (Wildman–Crippen MR) is 78.6 cm³/mol. The number of nitriles is 1. The Morgan fingerprint density at radius 3 is 2.72 bits per heavy atom. The topological polar surface area (TPSA) is 27.0 Å². The summed E-state index contributed by atoms with van der Waals surface area (Å²) in [4.78, 5) is 2.42. The lowest BCUT2D eigenvalue weighted by atomic mass is 9.93. The molecule has 0 saturated heterocycles. The van der Waals surface area contributed by atoms with E-state index in [2.05, 4.69) is 45.1 Å². The van der Waals surface area contributed by atoms with Crippen LogP contribution in [0.2, 0.25) is 0 Å². The fourth-order valence-electron chi connectivity index (χ4n) is 2.74. The Hall–Kier alpha value is -1.01. The minimum atomic E-state index is 0.600. The van der Waals surface area contributed by atoms with Gasteiger partial charge in [-0.2, -0.15) is 5.26 Å². The average Bonchev–Trinajstić information content (AvgIpc) is 2.40. The van der Waals surface area contributed by atoms with Crippen LogP contribution in [0.1, 0.15) is 38.5 Å². The molecule has 2 rings (SSSR count). The third kappa shape index (κ3) is 3.49. The highest BCUT2D eigenvalue weighted by Gasteiger charge is 2.21. The molecule has 1 aromatic carbocycles. The Balaban J connectivity index is 2.15. The summed E-state index contributed by atoms with van der Waals surface area (Å²) in [6.07, 6.45) is 7.13. The predicted octanol–water partition coefficient (Wildman–Crippen LogP) is 4.50. The van der Waals surface area contributed by atoms with Crippen molar-refractivity contribution in [3.63, 3.8) is 0 Å². The molecule has 0 aromatic heterocycles. The molecule has 3 heteroatoms. The van der Waals surface area contributed by atoms with Gasteiger partial charge >= 0.3 is 0 Å². The molecule has 0 N–H and O–H groups in total. The van der Waals surface area contributed by atoms with E-state index in [9.17, 15) is 0 Å². The maximum Gasteiger partial charge on any atom is 0.0640 e. The van der Waals surface area contributed by atoms with Gasteiger partial charge in [0.25, 0.3) is 0 Å². The molecule has 18 heavy (non-hydrogen) atoms. The van der Waals surface area contributed by atoms with E-state index in [4.69, 9.17) is 5.26 Å². The molecule has 0 radical (unpaired) electrons. The number of halogens is 1. The lowest BCUT2D eigenvalue weighted by Crippen LogP contribution is -2.37. The normalized spacial score (nSPS) is 16.2. The second-order valence-corrected chi connectivity index (χ2v) is 5.79. The first-order valence-electron chi connectivity index (χ1n) is 6.70. The quantitative estimate of drug-likeness (QED) is 0.819. The summed E-state index contributed by atoms with van der Waals surface area (Å²) in [5, 5.41) is 8.83. The summed E-state index contributed by atoms with van der Waals surface area (Å²) < 4.78 is 1.11. The first-order chi connectivity index (χ1) is 8.81. The number of anilines is 1. The van der Waals surface area contributed by atoms with Gasteiger partial charge in [-0.05, 0) is 31.0 Å². The van der Waals surface area contributed by atoms with Gasteiger partial charge in [0.2, 0.25) is 0 Å². The number of benzene rings is 1. The van der Waals surface area contributed by atoms with Gasteiger partial charge in [-0.25, -0.2) is 0 Å². The monoisotopic (exact) mass is 306 g/mol. The molecule has 0 atom stereocenters. The molecule has 1 fully saturated rings. The molecule has 1 aliphatic rings. The summed E-state index contributed by atoms with van der Waals surface area (Å²) in [5.74, 6) is 0. The Labute approximate surface area is 118 Å². The van der Waals surface area contributed by atoms with Crippen molar-refractivity contribution in [1.82, 2.24) is 0 Å². The first-order valence-corrected chi connectivity index (χ1v) is 7.50. The smallest absolute Gasteiger partial charge is 0.0640 e. The molecule has 0 spiro atoms. The standard InChI is InChI=1S/C15H19BrN2/c16-13-6-4-9-15(12-13)18(11-5-10-17)14-7-2-1-3-8-14/h4,6,9,12,14H,1-3,5,7-8,11H2. The lowest BCUT2D eigenvalue weighted by Gasteiger charge is -2.36. The largest absolute Gasteiger partial charge is 0.367 e. The molecule has 1 aromatic rings. The van der Waals surface area contributed by atoms with Gasteiger partial charge in [0.15, 0.2) is 0 Å². The molecule has 0 heterocycles. The molecule has 2 nitrogen and oxygen atoms in total. The van der Waals surface area contributed by atoms with Gasteiger partial charge in [-0.15, -0.1) is 0 Å². The maximum atomic E-state index is 8.83. The fraction of sp³-hybridized carbons (Fsp3) is 0.533. The van der Waals surface area contributed by atoms with Crippen LogP contribution < -0.4 is 4.90 Å². The third-order valence-corrected chi connectivity index (χ3v) is 4.11. The summed E-state index contributed by atoms with van der Waals surface area (Å²) in [5.41, 5.74) is 1.24. The van der Waals surface area contributed by atoms with Crippen molar-refractivity contribution in [2.24, 2.45) is 0 Å². The van der Waals surface area contributed by atoms with E-state index >= 15 is 0 Å². The average molecular weight is 307 g/mol. The number of rotatable bonds is 4. The second kappa shape index (κ2) is 6.80. The van der Waals surface area contributed by atoms with Crippen molar-refractivity contribution >= 4 is 21.6 Å². The molecular formula is C15H19BrN2. The minimum Gasteiger partial charge on any atom is -0.367 e. The van der Waals surface area contributed by atoms with Crippen LogP contribution in [-0.2, 0) is 0 Å². The first kappa shape index (κ1) is 13.4. The van der Waals surface area contributed by atoms with Gasteiger partial charge in [0.05, 0.1) is 12.5 Å². The van der Waals surface area contributed by atoms with E-state index in [1.54, 1.807) is 0 Å². The molecular weight excluding hydrogens is 288 g/mol. The van der Waals surface area contributed by atoms with Gasteiger partial charge < -0.3 is 4.90 Å². The van der Waals surface area contributed by atoms with Crippen LogP contribution >= 0.6 is 15.9 Å². The molecule has 1 aliphatic carbocycles. The van der Waals surface area contributed by atoms with Crippen LogP contribution in [-0.4, -0.2) is 12.6 Å². The lowest BCUT2D eigenvalue weighted by molar-refractivity contribution is 0.416. The van der Waals surface area contributed by atoms with E-state index in [0.29, 0.717) is 12.5 Å². The van der Waals surface area contributed by atoms with Crippen LogP contribution in [0.3, 0.4) is 0 Å². The zero-order valence-corrected chi connectivity index (χ0v) is 12.2. The van der Waals surface area contributed by atoms with E-state index in [1.165, 1.54) is 37.8 Å². The molecule has 96 valence electrons. The minimum absolute atomic E-state index is 0.600. The summed E-state index contributed by atoms with van der Waals surface area (Å²) in [6, 6.07) is 11.3. The van der Waals surface area contributed by atoms with Crippen molar-refractivity contribution in [2.45, 2.75) is 44.6 Å². The van der Waals surface area contributed by atoms with Crippen LogP contribution in [0.5, 0.6) is 0 Å². The highest BCUT2D eigenvalue weighted by Crippen LogP contribution is 2.29. The highest BCUT2D eigenvalue weighted by molar-refractivity contribution is 9.10. The number of hydrogen-bond acceptors (Lipinski definition) is 2. The summed E-state index contributed by atoms with van der Waals surface area (Å²) >= 11 is 3.53. The molecule has 0 amide bonds. The van der Waals surface area contributed by atoms with Crippen molar-refractivity contribution in [3.8, 4) is 6.07 Å². The van der Waals surface area contributed by atoms with E-state index in [0.717, 1.165) is 11.0 Å². The van der Waals surface area contributed by atoms with Gasteiger partial charge in [-0.3, -0.25) is 0 Å². The van der Waals surface area contributed by atoms with E-state index in [1.807, 2.05) is 6.07 Å². The van der Waals surface area contributed by atoms with Crippen molar-refractivity contribution in [2.75, 3.05) is 11.4 Å². The van der Waals surface area contributed by atoms with Crippen LogP contribution in [0.4, 0.5) is 5.69 Å². The summed E-state index contributed by atoms with van der Waals surface area (Å²) in [7, 11) is 0. The Morgan fingerprint density at radius 2 is 2.06 bits per heavy atom. The van der Waals surface area contributed by atoms with Crippen LogP contribution in [0, 0.1) is 11.3 Å². The third-order valence-electron chi connectivity index (χ3n) is 3.62. The van der Waals surface area contributed by atoms with E-state index < -0.39 is 0 Å². The van der Waals surface area contributed by atoms with Crippen LogP contribution in [0.25, 0.3) is 0 Å². The maximum absolute atomic E-state index is 8.83. The molecule has 0 bridgehead atoms. The number of hydrogen-bond donors (Lipinski definition) is 0. The summed E-state index contributed by atoms with van der Waals surface area (Å²) in [6.45, 7) is 0.845. The fourth-order valence-corrected chi connectivity index (χ4v) is 3.13. The van der Waals surface area contributed by atoms with Crippen LogP contribution in [0.15, 0.2) is 28.7 Å². The molecule has 0 aliphatic heterocycles. The Morgan fingerprint density at radius 1 is 1.28 bits per heavy atom. The second-order valence-electron chi connectivity index (χ2n) is 4.87. The zero-order chi connectivity index (χ0) is 12.8. The Bertz CT molecular complexity index is 419. The SMILES string of the molecule is N#CCCN(c1cccc(Br)c1)C1CCCCC1. The van der Waals surface area contributed by atoms with E-state index in [-0.39, 0.29) is 0 Å². The van der Waals surface area contributed by atoms with Crippen molar-refractivity contribution in [1.29, 1.82) is 5.26 Å².